The topological polar surface area (TPSA) is 35.8 Å². The van der Waals surface area contributed by atoms with Gasteiger partial charge in [-0.25, -0.2) is 0 Å². The summed E-state index contributed by atoms with van der Waals surface area (Å²) < 4.78 is 0. The molecule has 0 fully saturated rings. The van der Waals surface area contributed by atoms with Crippen molar-refractivity contribution in [3.05, 3.63) is 71.8 Å². The molecule has 0 aliphatic carbocycles. The Labute approximate surface area is 109 Å². The fraction of sp³-hybridized carbons (Fsp3) is 0.188. The number of nitriles is 1. The highest BCUT2D eigenvalue weighted by Crippen LogP contribution is 2.20. The van der Waals surface area contributed by atoms with E-state index in [2.05, 4.69) is 53.8 Å². The molecule has 0 amide bonds. The van der Waals surface area contributed by atoms with Crippen LogP contribution >= 0.6 is 0 Å². The molecule has 0 spiro atoms. The predicted molar refractivity (Wildman–Crippen MR) is 75.1 cm³/mol. The van der Waals surface area contributed by atoms with Gasteiger partial charge in [0, 0.05) is 6.92 Å². The molecule has 2 aromatic carbocycles. The summed E-state index contributed by atoms with van der Waals surface area (Å²) in [5.41, 5.74) is 2.59. The van der Waals surface area contributed by atoms with Crippen LogP contribution in [0.25, 0.3) is 0 Å². The number of nitrogens with zero attached hydrogens (tertiary/aromatic N) is 1. The maximum absolute atomic E-state index is 7.32. The molecule has 0 radical (unpaired) electrons. The van der Waals surface area contributed by atoms with Crippen molar-refractivity contribution in [2.45, 2.75) is 13.0 Å². The maximum Gasteiger partial charge on any atom is 0.0587 e. The van der Waals surface area contributed by atoms with Crippen LogP contribution in [0.2, 0.25) is 0 Å². The molecule has 2 nitrogen and oxygen atoms in total. The SMILES string of the molecule is CC#N.CNC(c1ccccc1)c1ccccc1. The molecule has 0 bridgehead atoms. The maximum atomic E-state index is 7.32. The van der Waals surface area contributed by atoms with Crippen LogP contribution in [-0.2, 0) is 0 Å². The lowest BCUT2D eigenvalue weighted by Crippen LogP contribution is -2.17. The molecule has 1 N–H and O–H groups in total. The fourth-order valence-corrected chi connectivity index (χ4v) is 1.82. The van der Waals surface area contributed by atoms with E-state index in [9.17, 15) is 0 Å². The Morgan fingerprint density at radius 1 is 0.889 bits per heavy atom. The first-order chi connectivity index (χ1) is 8.83. The van der Waals surface area contributed by atoms with E-state index in [0.29, 0.717) is 0 Å². The van der Waals surface area contributed by atoms with E-state index >= 15 is 0 Å². The summed E-state index contributed by atoms with van der Waals surface area (Å²) in [7, 11) is 1.99. The second-order valence-corrected chi connectivity index (χ2v) is 3.77. The first-order valence-electron chi connectivity index (χ1n) is 5.91. The summed E-state index contributed by atoms with van der Waals surface area (Å²) in [6, 6.07) is 23.0. The van der Waals surface area contributed by atoms with Gasteiger partial charge in [0.05, 0.1) is 12.1 Å². The third kappa shape index (κ3) is 4.04. The molecule has 2 rings (SSSR count). The quantitative estimate of drug-likeness (QED) is 0.888. The van der Waals surface area contributed by atoms with Crippen molar-refractivity contribution < 1.29 is 0 Å². The van der Waals surface area contributed by atoms with Gasteiger partial charge in [-0.2, -0.15) is 5.26 Å². The second kappa shape index (κ2) is 8.05. The fourth-order valence-electron chi connectivity index (χ4n) is 1.82. The predicted octanol–water partition coefficient (Wildman–Crippen LogP) is 3.53. The summed E-state index contributed by atoms with van der Waals surface area (Å²) in [4.78, 5) is 0. The number of hydrogen-bond acceptors (Lipinski definition) is 2. The highest BCUT2D eigenvalue weighted by molar-refractivity contribution is 5.31. The summed E-state index contributed by atoms with van der Waals surface area (Å²) in [6.45, 7) is 1.43. The van der Waals surface area contributed by atoms with Crippen LogP contribution in [0.3, 0.4) is 0 Å². The van der Waals surface area contributed by atoms with Crippen LogP contribution in [-0.4, -0.2) is 7.05 Å². The molecule has 0 aliphatic heterocycles. The largest absolute Gasteiger partial charge is 0.309 e. The summed E-state index contributed by atoms with van der Waals surface area (Å²) in [6.07, 6.45) is 0. The van der Waals surface area contributed by atoms with Gasteiger partial charge < -0.3 is 5.32 Å². The minimum absolute atomic E-state index is 0.285. The van der Waals surface area contributed by atoms with E-state index < -0.39 is 0 Å². The van der Waals surface area contributed by atoms with Crippen LogP contribution in [0, 0.1) is 11.3 Å². The monoisotopic (exact) mass is 238 g/mol. The molecule has 0 atom stereocenters. The van der Waals surface area contributed by atoms with Crippen molar-refractivity contribution in [2.24, 2.45) is 0 Å². The lowest BCUT2D eigenvalue weighted by Gasteiger charge is -2.16. The van der Waals surface area contributed by atoms with Crippen molar-refractivity contribution in [3.8, 4) is 6.07 Å². The van der Waals surface area contributed by atoms with Crippen LogP contribution in [0.15, 0.2) is 60.7 Å². The van der Waals surface area contributed by atoms with Gasteiger partial charge in [0.2, 0.25) is 0 Å². The molecule has 0 heterocycles. The second-order valence-electron chi connectivity index (χ2n) is 3.77. The Bertz CT molecular complexity index is 432. The normalized spacial score (nSPS) is 9.22. The Morgan fingerprint density at radius 2 is 1.22 bits per heavy atom. The molecule has 18 heavy (non-hydrogen) atoms. The van der Waals surface area contributed by atoms with Crippen LogP contribution in [0.1, 0.15) is 24.1 Å². The molecule has 0 saturated heterocycles. The van der Waals surface area contributed by atoms with Gasteiger partial charge in [-0.15, -0.1) is 0 Å². The molecule has 0 unspecified atom stereocenters. The zero-order valence-electron chi connectivity index (χ0n) is 10.8. The van der Waals surface area contributed by atoms with E-state index in [1.165, 1.54) is 18.1 Å². The first-order valence-corrected chi connectivity index (χ1v) is 5.91. The summed E-state index contributed by atoms with van der Waals surface area (Å²) in [5, 5.41) is 10.7. The highest BCUT2D eigenvalue weighted by Gasteiger charge is 2.09. The van der Waals surface area contributed by atoms with Crippen molar-refractivity contribution >= 4 is 0 Å². The summed E-state index contributed by atoms with van der Waals surface area (Å²) >= 11 is 0. The zero-order valence-corrected chi connectivity index (χ0v) is 10.8. The highest BCUT2D eigenvalue weighted by atomic mass is 14.9. The Morgan fingerprint density at radius 3 is 1.50 bits per heavy atom. The number of rotatable bonds is 3. The van der Waals surface area contributed by atoms with Gasteiger partial charge >= 0.3 is 0 Å². The average Bonchev–Trinajstić information content (AvgIpc) is 2.43. The molecule has 0 saturated carbocycles. The minimum atomic E-state index is 0.285. The third-order valence-corrected chi connectivity index (χ3v) is 2.55. The molecule has 0 aromatic heterocycles. The number of nitrogens with one attached hydrogen (secondary N) is 1. The van der Waals surface area contributed by atoms with Crippen molar-refractivity contribution in [2.75, 3.05) is 7.05 Å². The molecule has 2 heteroatoms. The molecular weight excluding hydrogens is 220 g/mol. The van der Waals surface area contributed by atoms with Gasteiger partial charge in [0.15, 0.2) is 0 Å². The Balaban J connectivity index is 0.000000492. The van der Waals surface area contributed by atoms with Gasteiger partial charge in [0.25, 0.3) is 0 Å². The third-order valence-electron chi connectivity index (χ3n) is 2.55. The minimum Gasteiger partial charge on any atom is -0.309 e. The van der Waals surface area contributed by atoms with E-state index in [-0.39, 0.29) is 6.04 Å². The Hall–Kier alpha value is -2.11. The van der Waals surface area contributed by atoms with E-state index in [1.54, 1.807) is 6.07 Å². The first kappa shape index (κ1) is 14.0. The van der Waals surface area contributed by atoms with Crippen LogP contribution < -0.4 is 5.32 Å². The van der Waals surface area contributed by atoms with Crippen LogP contribution in [0.4, 0.5) is 0 Å². The van der Waals surface area contributed by atoms with Crippen molar-refractivity contribution in [1.82, 2.24) is 5.32 Å². The van der Waals surface area contributed by atoms with Crippen molar-refractivity contribution in [3.63, 3.8) is 0 Å². The summed E-state index contributed by atoms with van der Waals surface area (Å²) in [5.74, 6) is 0. The van der Waals surface area contributed by atoms with Gasteiger partial charge in [-0.05, 0) is 18.2 Å². The molecule has 0 aliphatic rings. The lowest BCUT2D eigenvalue weighted by atomic mass is 9.99. The molecule has 92 valence electrons. The van der Waals surface area contributed by atoms with Gasteiger partial charge in [0.1, 0.15) is 0 Å². The molecule has 2 aromatic rings. The van der Waals surface area contributed by atoms with Gasteiger partial charge in [-0.1, -0.05) is 60.7 Å². The number of hydrogen-bond donors (Lipinski definition) is 1. The smallest absolute Gasteiger partial charge is 0.0587 e. The van der Waals surface area contributed by atoms with E-state index in [4.69, 9.17) is 5.26 Å². The molecular formula is C16H18N2. The van der Waals surface area contributed by atoms with Crippen molar-refractivity contribution in [1.29, 1.82) is 5.26 Å². The Kier molecular flexibility index (Phi) is 6.24. The average molecular weight is 238 g/mol. The number of benzene rings is 2. The standard InChI is InChI=1S/C14H15N.C2H3N/c1-15-14(12-8-4-2-5-9-12)13-10-6-3-7-11-13;1-2-3/h2-11,14-15H,1H3;1H3. The van der Waals surface area contributed by atoms with E-state index in [0.717, 1.165) is 0 Å². The van der Waals surface area contributed by atoms with Crippen LogP contribution in [0.5, 0.6) is 0 Å². The zero-order chi connectivity index (χ0) is 13.2. The van der Waals surface area contributed by atoms with Gasteiger partial charge in [-0.3, -0.25) is 0 Å². The van der Waals surface area contributed by atoms with E-state index in [1.807, 2.05) is 19.2 Å². The lowest BCUT2D eigenvalue weighted by molar-refractivity contribution is 0.692.